The Bertz CT molecular complexity index is 351. The van der Waals surface area contributed by atoms with E-state index in [0.29, 0.717) is 0 Å². The lowest BCUT2D eigenvalue weighted by Crippen LogP contribution is -2.46. The highest BCUT2D eigenvalue weighted by molar-refractivity contribution is 5.87. The van der Waals surface area contributed by atoms with Crippen molar-refractivity contribution in [2.75, 3.05) is 0 Å². The van der Waals surface area contributed by atoms with Crippen LogP contribution in [0.25, 0.3) is 0 Å². The number of carbonyl (C=O) groups excluding carboxylic acids is 1. The molecule has 0 spiro atoms. The maximum atomic E-state index is 12.4. The minimum Gasteiger partial charge on any atom is -0.480 e. The molecule has 1 N–H and O–H groups in total. The fourth-order valence-corrected chi connectivity index (χ4v) is 2.52. The van der Waals surface area contributed by atoms with Gasteiger partial charge in [0.1, 0.15) is 6.04 Å². The molecule has 2 rings (SSSR count). The van der Waals surface area contributed by atoms with Crippen molar-refractivity contribution in [1.29, 1.82) is 0 Å². The molecule has 4 heteroatoms. The highest BCUT2D eigenvalue weighted by Gasteiger charge is 2.56. The highest BCUT2D eigenvalue weighted by atomic mass is 16.4. The Morgan fingerprint density at radius 2 is 2.06 bits per heavy atom. The molecule has 0 heterocycles. The van der Waals surface area contributed by atoms with Gasteiger partial charge in [-0.25, -0.2) is 4.79 Å². The largest absolute Gasteiger partial charge is 0.480 e. The molecule has 0 bridgehead atoms. The lowest BCUT2D eigenvalue weighted by atomic mass is 10.0. The van der Waals surface area contributed by atoms with E-state index in [1.165, 1.54) is 0 Å². The summed E-state index contributed by atoms with van der Waals surface area (Å²) in [6, 6.07) is -0.507. The Hall–Kier alpha value is -1.06. The first kappa shape index (κ1) is 12.4. The lowest BCUT2D eigenvalue weighted by molar-refractivity contribution is -0.151. The quantitative estimate of drug-likeness (QED) is 0.797. The second-order valence-electron chi connectivity index (χ2n) is 5.76. The molecule has 0 radical (unpaired) electrons. The predicted octanol–water partition coefficient (Wildman–Crippen LogP) is 1.89. The van der Waals surface area contributed by atoms with Crippen LogP contribution in [0.5, 0.6) is 0 Å². The number of aliphatic carboxylic acids is 1. The molecule has 0 saturated heterocycles. The van der Waals surface area contributed by atoms with Crippen LogP contribution in [-0.4, -0.2) is 34.0 Å². The van der Waals surface area contributed by atoms with Crippen molar-refractivity contribution in [2.45, 2.75) is 58.5 Å². The van der Waals surface area contributed by atoms with Gasteiger partial charge in [0.15, 0.2) is 0 Å². The first-order chi connectivity index (χ1) is 7.90. The molecule has 1 amide bonds. The smallest absolute Gasteiger partial charge is 0.326 e. The van der Waals surface area contributed by atoms with Gasteiger partial charge in [0.2, 0.25) is 5.91 Å². The van der Waals surface area contributed by atoms with Crippen molar-refractivity contribution in [3.05, 3.63) is 0 Å². The van der Waals surface area contributed by atoms with Crippen LogP contribution in [0.1, 0.15) is 46.5 Å². The SMILES string of the molecule is CCC1(C)CC1C(=O)N(C1CC1)C(C)C(=O)O. The number of carboxylic acid groups (broad SMARTS) is 1. The number of hydrogen-bond donors (Lipinski definition) is 1. The molecule has 2 aliphatic rings. The fourth-order valence-electron chi connectivity index (χ4n) is 2.52. The minimum absolute atomic E-state index is 0.0508. The summed E-state index contributed by atoms with van der Waals surface area (Å²) in [5, 5.41) is 9.07. The van der Waals surface area contributed by atoms with Gasteiger partial charge in [-0.2, -0.15) is 0 Å². The molecule has 3 atom stereocenters. The molecule has 17 heavy (non-hydrogen) atoms. The van der Waals surface area contributed by atoms with E-state index in [9.17, 15) is 9.59 Å². The Morgan fingerprint density at radius 3 is 2.41 bits per heavy atom. The third-order valence-electron chi connectivity index (χ3n) is 4.43. The number of hydrogen-bond acceptors (Lipinski definition) is 2. The zero-order valence-corrected chi connectivity index (χ0v) is 10.8. The molecule has 2 aliphatic carbocycles. The third-order valence-corrected chi connectivity index (χ3v) is 4.43. The van der Waals surface area contributed by atoms with E-state index in [1.54, 1.807) is 11.8 Å². The van der Waals surface area contributed by atoms with Crippen molar-refractivity contribution in [3.8, 4) is 0 Å². The van der Waals surface area contributed by atoms with Gasteiger partial charge in [-0.15, -0.1) is 0 Å². The van der Waals surface area contributed by atoms with Gasteiger partial charge in [0, 0.05) is 12.0 Å². The van der Waals surface area contributed by atoms with Crippen LogP contribution >= 0.6 is 0 Å². The monoisotopic (exact) mass is 239 g/mol. The number of rotatable bonds is 5. The average molecular weight is 239 g/mol. The van der Waals surface area contributed by atoms with E-state index >= 15 is 0 Å². The van der Waals surface area contributed by atoms with E-state index in [1.807, 2.05) is 0 Å². The van der Waals surface area contributed by atoms with Crippen LogP contribution < -0.4 is 0 Å². The number of amides is 1. The topological polar surface area (TPSA) is 57.6 Å². The van der Waals surface area contributed by atoms with E-state index in [-0.39, 0.29) is 23.3 Å². The van der Waals surface area contributed by atoms with E-state index in [2.05, 4.69) is 13.8 Å². The van der Waals surface area contributed by atoms with Crippen molar-refractivity contribution in [3.63, 3.8) is 0 Å². The molecule has 0 aromatic carbocycles. The van der Waals surface area contributed by atoms with Gasteiger partial charge in [-0.1, -0.05) is 13.8 Å². The standard InChI is InChI=1S/C13H21NO3/c1-4-13(3)7-10(13)11(15)14(9-5-6-9)8(2)12(16)17/h8-10H,4-7H2,1-3H3,(H,16,17). The molecular formula is C13H21NO3. The Kier molecular flexibility index (Phi) is 2.92. The van der Waals surface area contributed by atoms with Gasteiger partial charge in [-0.3, -0.25) is 4.79 Å². The van der Waals surface area contributed by atoms with Gasteiger partial charge >= 0.3 is 5.97 Å². The summed E-state index contributed by atoms with van der Waals surface area (Å²) in [5.74, 6) is -0.786. The van der Waals surface area contributed by atoms with Gasteiger partial charge in [0.05, 0.1) is 0 Å². The molecule has 4 nitrogen and oxygen atoms in total. The summed E-state index contributed by atoms with van der Waals surface area (Å²) in [7, 11) is 0. The number of nitrogens with zero attached hydrogens (tertiary/aromatic N) is 1. The number of carboxylic acids is 1. The molecule has 0 aliphatic heterocycles. The van der Waals surface area contributed by atoms with E-state index in [4.69, 9.17) is 5.11 Å². The van der Waals surface area contributed by atoms with Crippen LogP contribution in [0.2, 0.25) is 0 Å². The minimum atomic E-state index is -0.899. The molecule has 2 fully saturated rings. The summed E-state index contributed by atoms with van der Waals surface area (Å²) >= 11 is 0. The van der Waals surface area contributed by atoms with Gasteiger partial charge in [-0.05, 0) is 38.0 Å². The summed E-state index contributed by atoms with van der Waals surface area (Å²) in [5.41, 5.74) is 0.114. The van der Waals surface area contributed by atoms with Crippen LogP contribution in [0.3, 0.4) is 0 Å². The summed E-state index contributed by atoms with van der Waals surface area (Å²) < 4.78 is 0. The molecule has 3 unspecified atom stereocenters. The predicted molar refractivity (Wildman–Crippen MR) is 63.5 cm³/mol. The van der Waals surface area contributed by atoms with Crippen LogP contribution in [0.15, 0.2) is 0 Å². The van der Waals surface area contributed by atoms with Gasteiger partial charge < -0.3 is 10.0 Å². The average Bonchev–Trinajstić information content (AvgIpc) is 3.15. The van der Waals surface area contributed by atoms with Gasteiger partial charge in [0.25, 0.3) is 0 Å². The van der Waals surface area contributed by atoms with E-state index in [0.717, 1.165) is 25.7 Å². The fraction of sp³-hybridized carbons (Fsp3) is 0.846. The molecule has 2 saturated carbocycles. The second kappa shape index (κ2) is 4.00. The third kappa shape index (κ3) is 2.17. The summed E-state index contributed by atoms with van der Waals surface area (Å²) in [6.07, 6.45) is 3.82. The normalized spacial score (nSPS) is 33.0. The molecule has 96 valence electrons. The number of carbonyl (C=O) groups is 2. The molecule has 0 aromatic heterocycles. The zero-order valence-electron chi connectivity index (χ0n) is 10.8. The van der Waals surface area contributed by atoms with Crippen LogP contribution in [-0.2, 0) is 9.59 Å². The van der Waals surface area contributed by atoms with E-state index < -0.39 is 12.0 Å². The first-order valence-electron chi connectivity index (χ1n) is 6.45. The summed E-state index contributed by atoms with van der Waals surface area (Å²) in [4.78, 5) is 25.0. The first-order valence-corrected chi connectivity index (χ1v) is 6.45. The lowest BCUT2D eigenvalue weighted by Gasteiger charge is -2.27. The Balaban J connectivity index is 2.07. The highest BCUT2D eigenvalue weighted by Crippen LogP contribution is 2.56. The molecule has 0 aromatic rings. The van der Waals surface area contributed by atoms with Crippen molar-refractivity contribution in [1.82, 2.24) is 4.90 Å². The second-order valence-corrected chi connectivity index (χ2v) is 5.76. The Morgan fingerprint density at radius 1 is 1.47 bits per heavy atom. The van der Waals surface area contributed by atoms with Crippen LogP contribution in [0.4, 0.5) is 0 Å². The van der Waals surface area contributed by atoms with Crippen molar-refractivity contribution in [2.24, 2.45) is 11.3 Å². The maximum Gasteiger partial charge on any atom is 0.326 e. The summed E-state index contributed by atoms with van der Waals surface area (Å²) in [6.45, 7) is 5.83. The maximum absolute atomic E-state index is 12.4. The Labute approximate surface area is 102 Å². The zero-order chi connectivity index (χ0) is 12.8. The molecular weight excluding hydrogens is 218 g/mol. The van der Waals surface area contributed by atoms with Crippen molar-refractivity contribution < 1.29 is 14.7 Å². The van der Waals surface area contributed by atoms with Crippen LogP contribution in [0, 0.1) is 11.3 Å². The van der Waals surface area contributed by atoms with Crippen molar-refractivity contribution >= 4 is 11.9 Å².